The van der Waals surface area contributed by atoms with Crippen molar-refractivity contribution in [2.24, 2.45) is 52.3 Å². The fraction of sp³-hybridized carbons (Fsp3) is 1.00. The van der Waals surface area contributed by atoms with E-state index in [2.05, 4.69) is 34.6 Å². The smallest absolute Gasteiger partial charge is 0.187 e. The molecule has 7 heterocycles. The van der Waals surface area contributed by atoms with Gasteiger partial charge in [-0.15, -0.1) is 0 Å². The molecule has 16 N–H and O–H groups in total. The molecule has 97 heavy (non-hydrogen) atoms. The van der Waals surface area contributed by atoms with Gasteiger partial charge in [-0.3, -0.25) is 0 Å². The first-order valence-electron chi connectivity index (χ1n) is 36.4. The van der Waals surface area contributed by atoms with Crippen molar-refractivity contribution < 1.29 is 143 Å². The Morgan fingerprint density at radius 3 is 1.64 bits per heavy atom. The normalized spacial score (nSPS) is 52.4. The van der Waals surface area contributed by atoms with Crippen molar-refractivity contribution in [1.29, 1.82) is 0 Å². The summed E-state index contributed by atoms with van der Waals surface area (Å²) in [6, 6.07) is 0. The van der Waals surface area contributed by atoms with Crippen LogP contribution >= 0.6 is 0 Å². The van der Waals surface area contributed by atoms with E-state index in [0.717, 1.165) is 64.2 Å². The van der Waals surface area contributed by atoms with E-state index in [4.69, 9.17) is 61.6 Å². The monoisotopic (exact) mass is 1400 g/mol. The van der Waals surface area contributed by atoms with Crippen LogP contribution in [0.25, 0.3) is 0 Å². The van der Waals surface area contributed by atoms with Crippen LogP contribution < -0.4 is 0 Å². The van der Waals surface area contributed by atoms with Crippen molar-refractivity contribution in [3.8, 4) is 0 Å². The maximum Gasteiger partial charge on any atom is 0.187 e. The molecule has 0 unspecified atom stereocenters. The Balaban J connectivity index is 0.806. The fourth-order valence-corrected chi connectivity index (χ4v) is 19.3. The van der Waals surface area contributed by atoms with Gasteiger partial charge in [-0.2, -0.15) is 0 Å². The molecule has 11 aliphatic rings. The van der Waals surface area contributed by atoms with E-state index in [-0.39, 0.29) is 66.5 Å². The SMILES string of the molecule is CCCCCCCCCCCCOC[C@H]1O[C@@H](O[C@H]2[C@@H](O)[C@@H](CO)O[C@@H](O[C@H]3[C@H](O[C@@H]4C[C@@H]5CC[C@H]6[C@@H]7[C@H](O)[C@@H]8O[C@]9(CC[C@@H](C)CO9)[C@@H](C)[C@@H]8[C@@]7(C)CC[C@@H]6[C@@]5(C)C[C@H]4O)O[C@H](CO)[C@H](O[C@@H]4O[C@H](CO)[C@@H](O)[C@H](O[C@@H]5OC[C@@H](O)[C@H](O)[C@@H]5O)[C@H]4O)[C@@H]3O)[C@@H]2O)[C@H](O)[C@@H](O)[C@@H]1O. The molecular weight excluding hydrogens is 1280 g/mol. The Hall–Kier alpha value is -1.16. The van der Waals surface area contributed by atoms with E-state index in [9.17, 15) is 81.7 Å². The summed E-state index contributed by atoms with van der Waals surface area (Å²) in [5, 5.41) is 182. The van der Waals surface area contributed by atoms with Gasteiger partial charge in [0.1, 0.15) is 116 Å². The quantitative estimate of drug-likeness (QED) is 0.0344. The molecule has 7 aliphatic heterocycles. The van der Waals surface area contributed by atoms with E-state index in [1.54, 1.807) is 0 Å². The molecule has 0 radical (unpaired) electrons. The van der Waals surface area contributed by atoms with Crippen LogP contribution in [-0.2, 0) is 61.6 Å². The summed E-state index contributed by atoms with van der Waals surface area (Å²) < 4.78 is 80.2. The Morgan fingerprint density at radius 1 is 0.454 bits per heavy atom. The number of unbranched alkanes of at least 4 members (excludes halogenated alkanes) is 9. The van der Waals surface area contributed by atoms with E-state index in [1.165, 1.54) is 32.1 Å². The Kier molecular flexibility index (Phi) is 25.9. The van der Waals surface area contributed by atoms with Gasteiger partial charge in [-0.1, -0.05) is 92.4 Å². The van der Waals surface area contributed by atoms with Crippen molar-refractivity contribution >= 4 is 0 Å². The van der Waals surface area contributed by atoms with Crippen molar-refractivity contribution in [2.75, 3.05) is 46.2 Å². The molecule has 0 aromatic carbocycles. The molecule has 0 aromatic rings. The summed E-state index contributed by atoms with van der Waals surface area (Å²) in [5.41, 5.74) is -0.656. The van der Waals surface area contributed by atoms with Crippen molar-refractivity contribution in [3.05, 3.63) is 0 Å². The van der Waals surface area contributed by atoms with E-state index < -0.39 is 203 Å². The van der Waals surface area contributed by atoms with Crippen LogP contribution in [0.5, 0.6) is 0 Å². The van der Waals surface area contributed by atoms with Gasteiger partial charge in [0.25, 0.3) is 0 Å². The first kappa shape index (κ1) is 77.0. The molecule has 1 spiro atoms. The minimum atomic E-state index is -2.12. The minimum absolute atomic E-state index is 0.0394. The average molecular weight is 1400 g/mol. The predicted molar refractivity (Wildman–Crippen MR) is 333 cm³/mol. The molecule has 0 bridgehead atoms. The van der Waals surface area contributed by atoms with Gasteiger partial charge in [0.15, 0.2) is 37.2 Å². The second kappa shape index (κ2) is 32.7. The van der Waals surface area contributed by atoms with Gasteiger partial charge in [0, 0.05) is 24.9 Å². The minimum Gasteiger partial charge on any atom is -0.394 e. The molecule has 0 amide bonds. The van der Waals surface area contributed by atoms with E-state index >= 15 is 0 Å². The van der Waals surface area contributed by atoms with Crippen LogP contribution in [0.15, 0.2) is 0 Å². The number of hydrogen-bond acceptors (Lipinski definition) is 29. The first-order chi connectivity index (χ1) is 46.3. The molecule has 4 saturated carbocycles. The second-order valence-electron chi connectivity index (χ2n) is 31.0. The zero-order chi connectivity index (χ0) is 69.6. The lowest BCUT2D eigenvalue weighted by molar-refractivity contribution is -0.404. The molecule has 562 valence electrons. The third kappa shape index (κ3) is 15.3. The lowest BCUT2D eigenvalue weighted by atomic mass is 9.44. The fourth-order valence-electron chi connectivity index (χ4n) is 19.3. The van der Waals surface area contributed by atoms with Crippen LogP contribution in [0.3, 0.4) is 0 Å². The number of aliphatic hydroxyl groups is 16. The molecule has 29 nitrogen and oxygen atoms in total. The molecular formula is C68H116O29. The lowest BCUT2D eigenvalue weighted by Crippen LogP contribution is -2.68. The average Bonchev–Trinajstić information content (AvgIpc) is 1.54. The van der Waals surface area contributed by atoms with Gasteiger partial charge >= 0.3 is 0 Å². The molecule has 38 atom stereocenters. The summed E-state index contributed by atoms with van der Waals surface area (Å²) in [6.07, 6.45) is -30.4. The highest BCUT2D eigenvalue weighted by molar-refractivity contribution is 5.19. The molecule has 11 fully saturated rings. The standard InChI is InChI=1S/C68H116O29/c1-6-7-8-9-10-11-12-13-14-15-22-85-30-42-46(75)50(79)52(81)62(92-42)95-59-48(77)40(26-70)90-64(55(59)84)96-60-53(82)56(93-63-54(83)58(47(76)39(25-69)89-63)94-61-51(80)45(74)37(73)29-86-61)41(27-71)91-65(60)88-38-23-33-16-17-34-35(67(33,5)24-36(38)72)19-20-66(4)43-32(3)68(21-18-31(2)28-87-68)97-57(43)49(78)44(34)66/h31-65,69-84H,6-30H2,1-5H3/t31-,32+,33+,34-,35+,36-,37-,38-,39-,40-,41-,42-,43+,44-,45+,46-,47-,48+,49+,50+,51+,52-,53+,54-,55-,56+,57-,58+,59+,60-,61+,62+,63+,64+,65-,66-,67+,68-/m1/s1. The largest absolute Gasteiger partial charge is 0.394 e. The van der Waals surface area contributed by atoms with Crippen LogP contribution in [0, 0.1) is 52.3 Å². The molecule has 29 heteroatoms. The Labute approximate surface area is 567 Å². The number of hydrogen-bond donors (Lipinski definition) is 16. The number of fused-ring (bicyclic) bond motifs is 7. The molecule has 0 aromatic heterocycles. The Bertz CT molecular complexity index is 2440. The van der Waals surface area contributed by atoms with Crippen LogP contribution in [-0.4, -0.2) is 306 Å². The van der Waals surface area contributed by atoms with Gasteiger partial charge in [0.05, 0.1) is 64.1 Å². The summed E-state index contributed by atoms with van der Waals surface area (Å²) in [7, 11) is 0. The number of rotatable bonds is 26. The third-order valence-electron chi connectivity index (χ3n) is 24.9. The third-order valence-corrected chi connectivity index (χ3v) is 24.9. The molecule has 4 aliphatic carbocycles. The number of ether oxygens (including phenoxy) is 13. The predicted octanol–water partition coefficient (Wildman–Crippen LogP) is -1.56. The zero-order valence-corrected chi connectivity index (χ0v) is 56.8. The summed E-state index contributed by atoms with van der Waals surface area (Å²) in [6.45, 7) is 8.52. The van der Waals surface area contributed by atoms with Gasteiger partial charge in [0.2, 0.25) is 0 Å². The van der Waals surface area contributed by atoms with E-state index in [0.29, 0.717) is 25.6 Å². The highest BCUT2D eigenvalue weighted by Crippen LogP contribution is 2.71. The molecule has 7 saturated heterocycles. The lowest BCUT2D eigenvalue weighted by Gasteiger charge is -2.62. The van der Waals surface area contributed by atoms with Crippen molar-refractivity contribution in [2.45, 2.75) is 328 Å². The zero-order valence-electron chi connectivity index (χ0n) is 56.8. The topological polar surface area (TPSA) is 444 Å². The highest BCUT2D eigenvalue weighted by atomic mass is 16.8. The first-order valence-corrected chi connectivity index (χ1v) is 36.4. The van der Waals surface area contributed by atoms with Crippen LogP contribution in [0.2, 0.25) is 0 Å². The number of aliphatic hydroxyl groups excluding tert-OH is 16. The van der Waals surface area contributed by atoms with Gasteiger partial charge in [-0.25, -0.2) is 0 Å². The summed E-state index contributed by atoms with van der Waals surface area (Å²) in [5.74, 6) is 0.0308. The van der Waals surface area contributed by atoms with Crippen molar-refractivity contribution in [3.63, 3.8) is 0 Å². The Morgan fingerprint density at radius 2 is 1.02 bits per heavy atom. The highest BCUT2D eigenvalue weighted by Gasteiger charge is 2.73. The van der Waals surface area contributed by atoms with Crippen LogP contribution in [0.4, 0.5) is 0 Å². The van der Waals surface area contributed by atoms with Crippen LogP contribution in [0.1, 0.15) is 150 Å². The second-order valence-corrected chi connectivity index (χ2v) is 31.0. The maximum absolute atomic E-state index is 12.8. The van der Waals surface area contributed by atoms with Gasteiger partial charge < -0.3 is 143 Å². The molecule has 11 rings (SSSR count). The van der Waals surface area contributed by atoms with Crippen molar-refractivity contribution in [1.82, 2.24) is 0 Å². The van der Waals surface area contributed by atoms with Gasteiger partial charge in [-0.05, 0) is 91.8 Å². The summed E-state index contributed by atoms with van der Waals surface area (Å²) in [4.78, 5) is 0. The maximum atomic E-state index is 12.8. The van der Waals surface area contributed by atoms with E-state index in [1.807, 2.05) is 0 Å². The summed E-state index contributed by atoms with van der Waals surface area (Å²) >= 11 is 0.